The summed E-state index contributed by atoms with van der Waals surface area (Å²) in [6.07, 6.45) is 0. The van der Waals surface area contributed by atoms with Crippen molar-refractivity contribution >= 4 is 15.7 Å². The van der Waals surface area contributed by atoms with Crippen molar-refractivity contribution in [1.82, 2.24) is 4.72 Å². The first-order chi connectivity index (χ1) is 9.41. The van der Waals surface area contributed by atoms with Crippen LogP contribution in [0.5, 0.6) is 0 Å². The molecule has 1 aromatic carbocycles. The van der Waals surface area contributed by atoms with Gasteiger partial charge in [0.1, 0.15) is 5.82 Å². The van der Waals surface area contributed by atoms with Gasteiger partial charge in [0.2, 0.25) is 10.0 Å². The normalized spacial score (nSPS) is 20.5. The second-order valence-corrected chi connectivity index (χ2v) is 8.72. The Kier molecular flexibility index (Phi) is 3.62. The summed E-state index contributed by atoms with van der Waals surface area (Å²) in [5.41, 5.74) is 5.87. The number of nitrogens with two attached hydrogens (primary N) is 1. The van der Waals surface area contributed by atoms with Crippen LogP contribution in [0.3, 0.4) is 0 Å². The van der Waals surface area contributed by atoms with Gasteiger partial charge in [0.15, 0.2) is 0 Å². The molecule has 1 saturated carbocycles. The summed E-state index contributed by atoms with van der Waals surface area (Å²) < 4.78 is 40.7. The third-order valence-electron chi connectivity index (χ3n) is 5.38. The minimum Gasteiger partial charge on any atom is -0.396 e. The summed E-state index contributed by atoms with van der Waals surface area (Å²) in [5.74, 6) is -0.325. The first kappa shape index (κ1) is 16.2. The number of nitrogens with one attached hydrogen (secondary N) is 1. The Labute approximate surface area is 126 Å². The zero-order valence-electron chi connectivity index (χ0n) is 13.1. The Morgan fingerprint density at radius 3 is 2.24 bits per heavy atom. The van der Waals surface area contributed by atoms with Crippen LogP contribution in [0.2, 0.25) is 0 Å². The molecule has 0 bridgehead atoms. The molecule has 3 N–H and O–H groups in total. The lowest BCUT2D eigenvalue weighted by Crippen LogP contribution is -2.28. The highest BCUT2D eigenvalue weighted by Gasteiger charge is 2.64. The third kappa shape index (κ3) is 2.55. The van der Waals surface area contributed by atoms with Crippen LogP contribution in [0.15, 0.2) is 17.0 Å². The molecule has 6 heteroatoms. The molecule has 0 amide bonds. The van der Waals surface area contributed by atoms with Gasteiger partial charge in [-0.2, -0.15) is 0 Å². The molecule has 2 rings (SSSR count). The van der Waals surface area contributed by atoms with Crippen molar-refractivity contribution in [2.45, 2.75) is 39.5 Å². The van der Waals surface area contributed by atoms with Crippen LogP contribution in [0.4, 0.5) is 10.1 Å². The predicted octanol–water partition coefficient (Wildman–Crippen LogP) is 2.68. The highest BCUT2D eigenvalue weighted by Crippen LogP contribution is 2.67. The van der Waals surface area contributed by atoms with Gasteiger partial charge in [-0.3, -0.25) is 0 Å². The van der Waals surface area contributed by atoms with Gasteiger partial charge in [-0.1, -0.05) is 27.7 Å². The summed E-state index contributed by atoms with van der Waals surface area (Å²) >= 11 is 0. The van der Waals surface area contributed by atoms with E-state index in [0.717, 1.165) is 6.07 Å². The van der Waals surface area contributed by atoms with Crippen LogP contribution in [0.1, 0.15) is 33.3 Å². The van der Waals surface area contributed by atoms with Crippen LogP contribution in [0, 0.1) is 29.5 Å². The maximum Gasteiger partial charge on any atom is 0.240 e. The van der Waals surface area contributed by atoms with Crippen LogP contribution in [0.25, 0.3) is 0 Å². The maximum atomic E-state index is 13.3. The van der Waals surface area contributed by atoms with Crippen LogP contribution in [-0.2, 0) is 10.0 Å². The van der Waals surface area contributed by atoms with Crippen LogP contribution in [-0.4, -0.2) is 15.0 Å². The first-order valence-corrected chi connectivity index (χ1v) is 8.45. The van der Waals surface area contributed by atoms with E-state index in [0.29, 0.717) is 12.1 Å². The Bertz CT molecular complexity index is 667. The van der Waals surface area contributed by atoms with Crippen molar-refractivity contribution in [1.29, 1.82) is 0 Å². The van der Waals surface area contributed by atoms with Gasteiger partial charge < -0.3 is 5.73 Å². The fourth-order valence-electron chi connectivity index (χ4n) is 3.07. The molecule has 0 unspecified atom stereocenters. The molecule has 0 aliphatic heterocycles. The Morgan fingerprint density at radius 1 is 1.24 bits per heavy atom. The Hall–Kier alpha value is -1.14. The minimum atomic E-state index is -3.68. The zero-order valence-corrected chi connectivity index (χ0v) is 13.9. The van der Waals surface area contributed by atoms with Crippen molar-refractivity contribution in [3.05, 3.63) is 23.5 Å². The molecule has 1 aromatic rings. The number of nitrogen functional groups attached to an aromatic ring is 1. The summed E-state index contributed by atoms with van der Waals surface area (Å²) in [5, 5.41) is 0. The van der Waals surface area contributed by atoms with Crippen LogP contribution < -0.4 is 10.5 Å². The van der Waals surface area contributed by atoms with Crippen molar-refractivity contribution in [2.24, 2.45) is 16.7 Å². The van der Waals surface area contributed by atoms with E-state index in [4.69, 9.17) is 5.73 Å². The Morgan fingerprint density at radius 2 is 1.76 bits per heavy atom. The topological polar surface area (TPSA) is 72.2 Å². The number of sulfonamides is 1. The van der Waals surface area contributed by atoms with E-state index < -0.39 is 15.8 Å². The number of aryl methyl sites for hydroxylation is 1. The van der Waals surface area contributed by atoms with Crippen molar-refractivity contribution in [3.8, 4) is 0 Å². The largest absolute Gasteiger partial charge is 0.396 e. The molecule has 1 aliphatic carbocycles. The number of benzene rings is 1. The highest BCUT2D eigenvalue weighted by atomic mass is 32.2. The molecule has 1 aliphatic rings. The average molecular weight is 314 g/mol. The maximum absolute atomic E-state index is 13.3. The number of rotatable bonds is 4. The van der Waals surface area contributed by atoms with E-state index in [1.807, 2.05) is 0 Å². The van der Waals surface area contributed by atoms with Gasteiger partial charge in [0.25, 0.3) is 0 Å². The van der Waals surface area contributed by atoms with E-state index in [2.05, 4.69) is 32.4 Å². The lowest BCUT2D eigenvalue weighted by Gasteiger charge is -2.11. The lowest BCUT2D eigenvalue weighted by atomic mass is 10.0. The van der Waals surface area contributed by atoms with Gasteiger partial charge in [0.05, 0.1) is 10.6 Å². The van der Waals surface area contributed by atoms with Gasteiger partial charge in [-0.15, -0.1) is 0 Å². The van der Waals surface area contributed by atoms with E-state index in [1.165, 1.54) is 6.07 Å². The molecule has 4 nitrogen and oxygen atoms in total. The Balaban J connectivity index is 2.19. The van der Waals surface area contributed by atoms with Crippen molar-refractivity contribution in [3.63, 3.8) is 0 Å². The molecular weight excluding hydrogens is 291 g/mol. The fraction of sp³-hybridized carbons (Fsp3) is 0.600. The highest BCUT2D eigenvalue weighted by molar-refractivity contribution is 7.89. The molecule has 0 saturated heterocycles. The predicted molar refractivity (Wildman–Crippen MR) is 81.8 cm³/mol. The van der Waals surface area contributed by atoms with E-state index in [9.17, 15) is 12.8 Å². The molecular formula is C15H23FN2O2S. The molecule has 1 fully saturated rings. The molecule has 21 heavy (non-hydrogen) atoms. The van der Waals surface area contributed by atoms with E-state index in [-0.39, 0.29) is 27.3 Å². The number of anilines is 1. The summed E-state index contributed by atoms with van der Waals surface area (Å²) in [6, 6.07) is 2.32. The monoisotopic (exact) mass is 314 g/mol. The van der Waals surface area contributed by atoms with Gasteiger partial charge in [-0.25, -0.2) is 17.5 Å². The summed E-state index contributed by atoms with van der Waals surface area (Å²) in [4.78, 5) is 0.0395. The number of halogens is 1. The van der Waals surface area contributed by atoms with Crippen molar-refractivity contribution in [2.75, 3.05) is 12.3 Å². The molecule has 0 radical (unpaired) electrons. The molecule has 118 valence electrons. The fourth-order valence-corrected chi connectivity index (χ4v) is 4.38. The first-order valence-electron chi connectivity index (χ1n) is 6.96. The minimum absolute atomic E-state index is 0.0395. The molecule has 0 atom stereocenters. The smallest absolute Gasteiger partial charge is 0.240 e. The molecule has 0 spiro atoms. The lowest BCUT2D eigenvalue weighted by molar-refractivity contribution is 0.457. The van der Waals surface area contributed by atoms with Gasteiger partial charge in [-0.05, 0) is 41.4 Å². The number of hydrogen-bond acceptors (Lipinski definition) is 3. The zero-order chi connectivity index (χ0) is 16.2. The van der Waals surface area contributed by atoms with Gasteiger partial charge in [0, 0.05) is 6.54 Å². The second kappa shape index (κ2) is 4.68. The molecule has 0 heterocycles. The second-order valence-electron chi connectivity index (χ2n) is 6.99. The van der Waals surface area contributed by atoms with E-state index >= 15 is 0 Å². The average Bonchev–Trinajstić information content (AvgIpc) is 2.71. The number of hydrogen-bond donors (Lipinski definition) is 2. The quantitative estimate of drug-likeness (QED) is 0.839. The summed E-state index contributed by atoms with van der Waals surface area (Å²) in [7, 11) is -3.68. The SMILES string of the molecule is Cc1cc(F)c(N)cc1S(=O)(=O)NCC1C(C)(C)C1(C)C. The van der Waals surface area contributed by atoms with Crippen molar-refractivity contribution < 1.29 is 12.8 Å². The van der Waals surface area contributed by atoms with E-state index in [1.54, 1.807) is 6.92 Å². The summed E-state index contributed by atoms with van der Waals surface area (Å²) in [6.45, 7) is 10.5. The molecule has 0 aromatic heterocycles. The van der Waals surface area contributed by atoms with Crippen LogP contribution >= 0.6 is 0 Å². The van der Waals surface area contributed by atoms with Gasteiger partial charge >= 0.3 is 0 Å². The standard InChI is InChI=1S/C15H23FN2O2S/c1-9-6-10(16)11(17)7-12(9)21(19,20)18-8-13-14(2,3)15(13,4)5/h6-7,13,18H,8,17H2,1-5H3. The third-order valence-corrected chi connectivity index (χ3v) is 6.95.